The Morgan fingerprint density at radius 2 is 1.84 bits per heavy atom. The lowest BCUT2D eigenvalue weighted by molar-refractivity contribution is -0.153. The second kappa shape index (κ2) is 5.62. The van der Waals surface area contributed by atoms with E-state index in [9.17, 15) is 27.2 Å². The van der Waals surface area contributed by atoms with Crippen LogP contribution in [0, 0.1) is 5.41 Å². The number of alkyl halides is 4. The molecule has 5 nitrogen and oxygen atoms in total. The van der Waals surface area contributed by atoms with E-state index in [0.29, 0.717) is 19.3 Å². The van der Waals surface area contributed by atoms with Gasteiger partial charge in [-0.15, -0.1) is 0 Å². The zero-order valence-corrected chi connectivity index (χ0v) is 9.89. The lowest BCUT2D eigenvalue weighted by atomic mass is 9.69. The molecular weight excluding hydrogens is 272 g/mol. The molecule has 1 fully saturated rings. The monoisotopic (exact) mass is 286 g/mol. The molecule has 0 aromatic heterocycles. The van der Waals surface area contributed by atoms with Crippen molar-refractivity contribution in [1.29, 1.82) is 0 Å². The van der Waals surface area contributed by atoms with E-state index in [2.05, 4.69) is 5.32 Å². The molecule has 0 aliphatic heterocycles. The summed E-state index contributed by atoms with van der Waals surface area (Å²) in [5.41, 5.74) is -1.07. The number of hydrogen-bond acceptors (Lipinski definition) is 2. The highest BCUT2D eigenvalue weighted by molar-refractivity contribution is 5.78. The predicted molar refractivity (Wildman–Crippen MR) is 56.3 cm³/mol. The second-order valence-electron chi connectivity index (χ2n) is 4.54. The highest BCUT2D eigenvalue weighted by Gasteiger charge is 2.45. The van der Waals surface area contributed by atoms with Crippen molar-refractivity contribution in [2.24, 2.45) is 5.41 Å². The third kappa shape index (κ3) is 3.71. The van der Waals surface area contributed by atoms with Crippen LogP contribution >= 0.6 is 0 Å². The average Bonchev–Trinajstić information content (AvgIpc) is 2.24. The molecule has 0 atom stereocenters. The Labute approximate surface area is 106 Å². The largest absolute Gasteiger partial charge is 0.481 e. The van der Waals surface area contributed by atoms with Gasteiger partial charge in [-0.05, 0) is 12.8 Å². The first-order valence-electron chi connectivity index (χ1n) is 5.61. The van der Waals surface area contributed by atoms with Gasteiger partial charge in [0.1, 0.15) is 0 Å². The minimum Gasteiger partial charge on any atom is -0.481 e. The summed E-state index contributed by atoms with van der Waals surface area (Å²) < 4.78 is 48.6. The Hall–Kier alpha value is -1.54. The first-order valence-corrected chi connectivity index (χ1v) is 5.61. The second-order valence-corrected chi connectivity index (χ2v) is 4.54. The van der Waals surface area contributed by atoms with Crippen LogP contribution in [0.1, 0.15) is 19.3 Å². The van der Waals surface area contributed by atoms with Crippen molar-refractivity contribution in [3.05, 3.63) is 0 Å². The van der Waals surface area contributed by atoms with Crippen molar-refractivity contribution >= 4 is 12.0 Å². The van der Waals surface area contributed by atoms with Crippen LogP contribution < -0.4 is 10.6 Å². The summed E-state index contributed by atoms with van der Waals surface area (Å²) >= 11 is 0. The van der Waals surface area contributed by atoms with Crippen LogP contribution in [0.2, 0.25) is 0 Å². The van der Waals surface area contributed by atoms with Crippen LogP contribution in [0.3, 0.4) is 0 Å². The number of carbonyl (C=O) groups is 2. The number of carboxylic acid groups (broad SMARTS) is 1. The molecule has 9 heteroatoms. The number of rotatable bonds is 6. The zero-order chi connectivity index (χ0) is 14.7. The fraction of sp³-hybridized carbons (Fsp3) is 0.800. The van der Waals surface area contributed by atoms with Crippen LogP contribution in [0.25, 0.3) is 0 Å². The minimum atomic E-state index is -4.31. The number of nitrogens with one attached hydrogen (secondary N) is 2. The van der Waals surface area contributed by atoms with Gasteiger partial charge in [-0.25, -0.2) is 13.6 Å². The van der Waals surface area contributed by atoms with E-state index >= 15 is 0 Å². The van der Waals surface area contributed by atoms with E-state index in [-0.39, 0.29) is 6.54 Å². The number of hydrogen-bond donors (Lipinski definition) is 3. The fourth-order valence-electron chi connectivity index (χ4n) is 1.66. The van der Waals surface area contributed by atoms with Crippen molar-refractivity contribution in [1.82, 2.24) is 10.6 Å². The van der Waals surface area contributed by atoms with E-state index in [1.807, 2.05) is 0 Å². The van der Waals surface area contributed by atoms with Crippen molar-refractivity contribution in [2.45, 2.75) is 31.6 Å². The van der Waals surface area contributed by atoms with E-state index < -0.39 is 36.3 Å². The summed E-state index contributed by atoms with van der Waals surface area (Å²) in [4.78, 5) is 22.1. The highest BCUT2D eigenvalue weighted by atomic mass is 19.3. The molecular formula is C10H14F4N2O3. The zero-order valence-electron chi connectivity index (χ0n) is 9.89. The van der Waals surface area contributed by atoms with Gasteiger partial charge in [0, 0.05) is 6.54 Å². The molecule has 1 saturated carbocycles. The van der Waals surface area contributed by atoms with E-state index in [0.717, 1.165) is 0 Å². The smallest absolute Gasteiger partial charge is 0.324 e. The normalized spacial score (nSPS) is 17.7. The molecule has 0 spiro atoms. The molecule has 0 radical (unpaired) electrons. The lowest BCUT2D eigenvalue weighted by Gasteiger charge is -2.37. The number of halogens is 4. The summed E-state index contributed by atoms with van der Waals surface area (Å²) in [6.45, 7) is -1.72. The van der Waals surface area contributed by atoms with Gasteiger partial charge < -0.3 is 15.7 Å². The summed E-state index contributed by atoms with van der Waals surface area (Å²) in [5.74, 6) is -5.38. The van der Waals surface area contributed by atoms with Crippen LogP contribution in [0.4, 0.5) is 22.4 Å². The Kier molecular flexibility index (Phi) is 4.59. The van der Waals surface area contributed by atoms with E-state index in [1.54, 1.807) is 5.32 Å². The summed E-state index contributed by atoms with van der Waals surface area (Å²) in [6.07, 6.45) is -2.39. The molecule has 0 bridgehead atoms. The first kappa shape index (κ1) is 15.5. The minimum absolute atomic E-state index is 0.214. The molecule has 1 aliphatic carbocycles. The van der Waals surface area contributed by atoms with Gasteiger partial charge >= 0.3 is 24.3 Å². The van der Waals surface area contributed by atoms with Crippen LogP contribution in [0.15, 0.2) is 0 Å². The fourth-order valence-corrected chi connectivity index (χ4v) is 1.66. The Morgan fingerprint density at radius 1 is 1.26 bits per heavy atom. The van der Waals surface area contributed by atoms with Gasteiger partial charge in [0.2, 0.25) is 0 Å². The molecule has 110 valence electrons. The van der Waals surface area contributed by atoms with Crippen LogP contribution in [-0.4, -0.2) is 42.5 Å². The lowest BCUT2D eigenvalue weighted by Crippen LogP contribution is -2.51. The molecule has 0 saturated heterocycles. The van der Waals surface area contributed by atoms with Crippen molar-refractivity contribution in [3.63, 3.8) is 0 Å². The maximum atomic E-state index is 12.5. The predicted octanol–water partition coefficient (Wildman–Crippen LogP) is 1.44. The summed E-state index contributed by atoms with van der Waals surface area (Å²) in [6, 6.07) is -1.09. The van der Waals surface area contributed by atoms with Gasteiger partial charge in [-0.1, -0.05) is 6.42 Å². The van der Waals surface area contributed by atoms with Gasteiger partial charge in [0.05, 0.1) is 12.0 Å². The maximum absolute atomic E-state index is 12.5. The van der Waals surface area contributed by atoms with E-state index in [4.69, 9.17) is 5.11 Å². The molecule has 0 heterocycles. The molecule has 2 amide bonds. The van der Waals surface area contributed by atoms with Gasteiger partial charge in [-0.2, -0.15) is 8.78 Å². The SMILES string of the molecule is O=C(NCC1(C(=O)O)CCC1)NCC(F)(F)C(F)F. The van der Waals surface area contributed by atoms with Crippen molar-refractivity contribution in [3.8, 4) is 0 Å². The third-order valence-corrected chi connectivity index (χ3v) is 3.16. The molecule has 1 rings (SSSR count). The molecule has 0 unspecified atom stereocenters. The number of carboxylic acids is 1. The first-order chi connectivity index (χ1) is 8.69. The Bertz CT molecular complexity index is 359. The maximum Gasteiger partial charge on any atom is 0.324 e. The Morgan fingerprint density at radius 3 is 2.21 bits per heavy atom. The standard InChI is InChI=1S/C10H14F4N2O3/c11-6(12)10(13,14)5-16-8(19)15-4-9(7(17)18)2-1-3-9/h6H,1-5H2,(H,17,18)(H2,15,16,19). The Balaban J connectivity index is 2.34. The number of aliphatic carboxylic acids is 1. The van der Waals surface area contributed by atoms with E-state index in [1.165, 1.54) is 0 Å². The topological polar surface area (TPSA) is 78.4 Å². The molecule has 3 N–H and O–H groups in total. The molecule has 0 aromatic carbocycles. The van der Waals surface area contributed by atoms with Crippen molar-refractivity contribution < 1.29 is 32.3 Å². The molecule has 19 heavy (non-hydrogen) atoms. The van der Waals surface area contributed by atoms with Crippen LogP contribution in [-0.2, 0) is 4.79 Å². The van der Waals surface area contributed by atoms with Gasteiger partial charge in [0.15, 0.2) is 0 Å². The third-order valence-electron chi connectivity index (χ3n) is 3.16. The average molecular weight is 286 g/mol. The van der Waals surface area contributed by atoms with Crippen molar-refractivity contribution in [2.75, 3.05) is 13.1 Å². The number of urea groups is 1. The number of carbonyl (C=O) groups excluding carboxylic acids is 1. The quantitative estimate of drug-likeness (QED) is 0.646. The highest BCUT2D eigenvalue weighted by Crippen LogP contribution is 2.40. The summed E-state index contributed by atoms with van der Waals surface area (Å²) in [5, 5.41) is 12.6. The van der Waals surface area contributed by atoms with Crippen LogP contribution in [0.5, 0.6) is 0 Å². The van der Waals surface area contributed by atoms with Gasteiger partial charge in [-0.3, -0.25) is 4.79 Å². The molecule has 1 aliphatic rings. The van der Waals surface area contributed by atoms with Gasteiger partial charge in [0.25, 0.3) is 0 Å². The summed E-state index contributed by atoms with van der Waals surface area (Å²) in [7, 11) is 0. The molecule has 0 aromatic rings. The number of amides is 2.